The van der Waals surface area contributed by atoms with Crippen molar-refractivity contribution in [3.63, 3.8) is 0 Å². The van der Waals surface area contributed by atoms with E-state index in [0.29, 0.717) is 13.1 Å². The molecule has 1 saturated heterocycles. The van der Waals surface area contributed by atoms with E-state index in [4.69, 9.17) is 0 Å². The Morgan fingerprint density at radius 2 is 2.21 bits per heavy atom. The first kappa shape index (κ1) is 10.8. The molecule has 0 aliphatic carbocycles. The van der Waals surface area contributed by atoms with E-state index in [2.05, 4.69) is 16.0 Å². The Morgan fingerprint density at radius 3 is 2.64 bits per heavy atom. The number of hydrogen-bond acceptors (Lipinski definition) is 2. The minimum absolute atomic E-state index is 0.0612. The van der Waals surface area contributed by atoms with Gasteiger partial charge in [-0.15, -0.1) is 0 Å². The second kappa shape index (κ2) is 3.86. The van der Waals surface area contributed by atoms with Crippen LogP contribution < -0.4 is 16.0 Å². The minimum atomic E-state index is -0.426. The third-order valence-corrected chi connectivity index (χ3v) is 1.88. The predicted molar refractivity (Wildman–Crippen MR) is 52.8 cm³/mol. The van der Waals surface area contributed by atoms with Crippen LogP contribution in [0.15, 0.2) is 0 Å². The SMILES string of the molecule is CC(C)(C)CNC(=O)[C@H]1CNC(=O)N1. The predicted octanol–water partition coefficient (Wildman–Crippen LogP) is -0.170. The second-order valence-electron chi connectivity index (χ2n) is 4.69. The summed E-state index contributed by atoms with van der Waals surface area (Å²) in [4.78, 5) is 22.2. The van der Waals surface area contributed by atoms with Gasteiger partial charge < -0.3 is 16.0 Å². The van der Waals surface area contributed by atoms with Crippen molar-refractivity contribution in [1.82, 2.24) is 16.0 Å². The van der Waals surface area contributed by atoms with E-state index in [9.17, 15) is 9.59 Å². The number of urea groups is 1. The molecule has 0 unspecified atom stereocenters. The van der Waals surface area contributed by atoms with Crippen LogP contribution in [0.3, 0.4) is 0 Å². The van der Waals surface area contributed by atoms with Crippen LogP contribution in [0, 0.1) is 5.41 Å². The molecule has 0 aromatic rings. The molecule has 14 heavy (non-hydrogen) atoms. The van der Waals surface area contributed by atoms with E-state index in [1.165, 1.54) is 0 Å². The summed E-state index contributed by atoms with van der Waals surface area (Å²) in [5, 5.41) is 7.86. The van der Waals surface area contributed by atoms with Gasteiger partial charge in [-0.25, -0.2) is 4.79 Å². The van der Waals surface area contributed by atoms with Gasteiger partial charge in [0, 0.05) is 13.1 Å². The van der Waals surface area contributed by atoms with Crippen molar-refractivity contribution >= 4 is 11.9 Å². The largest absolute Gasteiger partial charge is 0.354 e. The molecule has 0 aromatic carbocycles. The van der Waals surface area contributed by atoms with Crippen LogP contribution in [0.5, 0.6) is 0 Å². The zero-order chi connectivity index (χ0) is 10.8. The fraction of sp³-hybridized carbons (Fsp3) is 0.778. The first-order valence-electron chi connectivity index (χ1n) is 4.70. The lowest BCUT2D eigenvalue weighted by Gasteiger charge is -2.20. The number of carbonyl (C=O) groups excluding carboxylic acids is 2. The fourth-order valence-electron chi connectivity index (χ4n) is 1.09. The Bertz CT molecular complexity index is 245. The van der Waals surface area contributed by atoms with Crippen LogP contribution >= 0.6 is 0 Å². The van der Waals surface area contributed by atoms with E-state index in [-0.39, 0.29) is 17.4 Å². The molecule has 1 atom stereocenters. The van der Waals surface area contributed by atoms with Crippen LogP contribution in [-0.4, -0.2) is 31.1 Å². The molecule has 0 spiro atoms. The van der Waals surface area contributed by atoms with Gasteiger partial charge in [0.2, 0.25) is 5.91 Å². The van der Waals surface area contributed by atoms with Crippen LogP contribution in [0.25, 0.3) is 0 Å². The molecule has 3 N–H and O–H groups in total. The highest BCUT2D eigenvalue weighted by Crippen LogP contribution is 2.10. The summed E-state index contributed by atoms with van der Waals surface area (Å²) in [6.45, 7) is 7.10. The molecular formula is C9H17N3O2. The first-order chi connectivity index (χ1) is 6.38. The lowest BCUT2D eigenvalue weighted by molar-refractivity contribution is -0.122. The summed E-state index contributed by atoms with van der Waals surface area (Å²) < 4.78 is 0. The molecule has 1 fully saturated rings. The van der Waals surface area contributed by atoms with Gasteiger partial charge in [0.15, 0.2) is 0 Å². The molecule has 1 heterocycles. The highest BCUT2D eigenvalue weighted by atomic mass is 16.2. The van der Waals surface area contributed by atoms with Crippen molar-refractivity contribution in [1.29, 1.82) is 0 Å². The summed E-state index contributed by atoms with van der Waals surface area (Å²) in [7, 11) is 0. The highest BCUT2D eigenvalue weighted by molar-refractivity contribution is 5.90. The third-order valence-electron chi connectivity index (χ3n) is 1.88. The highest BCUT2D eigenvalue weighted by Gasteiger charge is 2.27. The molecule has 1 aliphatic rings. The fourth-order valence-corrected chi connectivity index (χ4v) is 1.09. The van der Waals surface area contributed by atoms with Gasteiger partial charge in [0.25, 0.3) is 0 Å². The molecular weight excluding hydrogens is 182 g/mol. The normalized spacial score (nSPS) is 21.4. The Labute approximate surface area is 83.6 Å². The zero-order valence-corrected chi connectivity index (χ0v) is 8.81. The molecule has 5 heteroatoms. The van der Waals surface area contributed by atoms with Gasteiger partial charge in [-0.3, -0.25) is 4.79 Å². The van der Waals surface area contributed by atoms with Gasteiger partial charge in [-0.05, 0) is 5.41 Å². The molecule has 5 nitrogen and oxygen atoms in total. The van der Waals surface area contributed by atoms with Crippen LogP contribution in [0.4, 0.5) is 4.79 Å². The quantitative estimate of drug-likeness (QED) is 0.578. The molecule has 0 saturated carbocycles. The summed E-state index contributed by atoms with van der Waals surface area (Å²) in [6, 6.07) is -0.703. The maximum Gasteiger partial charge on any atom is 0.315 e. The number of hydrogen-bond donors (Lipinski definition) is 3. The van der Waals surface area contributed by atoms with Gasteiger partial charge in [0.1, 0.15) is 6.04 Å². The maximum absolute atomic E-state index is 11.5. The molecule has 1 aliphatic heterocycles. The van der Waals surface area contributed by atoms with Crippen molar-refractivity contribution in [2.24, 2.45) is 5.41 Å². The van der Waals surface area contributed by atoms with Crippen LogP contribution in [0.2, 0.25) is 0 Å². The van der Waals surface area contributed by atoms with E-state index in [1.54, 1.807) is 0 Å². The second-order valence-corrected chi connectivity index (χ2v) is 4.69. The van der Waals surface area contributed by atoms with E-state index in [0.717, 1.165) is 0 Å². The Morgan fingerprint density at radius 1 is 1.57 bits per heavy atom. The standard InChI is InChI=1S/C9H17N3O2/c1-9(2,3)5-11-7(13)6-4-10-8(14)12-6/h6H,4-5H2,1-3H3,(H,11,13)(H2,10,12,14)/t6-/m1/s1. The number of amides is 3. The monoisotopic (exact) mass is 199 g/mol. The summed E-state index contributed by atoms with van der Waals surface area (Å²) in [5.74, 6) is -0.127. The summed E-state index contributed by atoms with van der Waals surface area (Å²) in [6.07, 6.45) is 0. The van der Waals surface area contributed by atoms with E-state index >= 15 is 0 Å². The average Bonchev–Trinajstić information content (AvgIpc) is 2.46. The van der Waals surface area contributed by atoms with E-state index in [1.807, 2.05) is 20.8 Å². The number of carbonyl (C=O) groups is 2. The van der Waals surface area contributed by atoms with Crippen molar-refractivity contribution in [2.75, 3.05) is 13.1 Å². The van der Waals surface area contributed by atoms with Gasteiger partial charge >= 0.3 is 6.03 Å². The molecule has 3 amide bonds. The molecule has 1 rings (SSSR count). The average molecular weight is 199 g/mol. The van der Waals surface area contributed by atoms with Crippen molar-refractivity contribution in [3.8, 4) is 0 Å². The third kappa shape index (κ3) is 3.24. The Kier molecular flexibility index (Phi) is 2.98. The Balaban J connectivity index is 2.32. The zero-order valence-electron chi connectivity index (χ0n) is 8.81. The smallest absolute Gasteiger partial charge is 0.315 e. The summed E-state index contributed by atoms with van der Waals surface area (Å²) >= 11 is 0. The first-order valence-corrected chi connectivity index (χ1v) is 4.70. The molecule has 0 aromatic heterocycles. The van der Waals surface area contributed by atoms with Crippen molar-refractivity contribution in [3.05, 3.63) is 0 Å². The van der Waals surface area contributed by atoms with Crippen molar-refractivity contribution < 1.29 is 9.59 Å². The Hall–Kier alpha value is -1.26. The number of rotatable bonds is 2. The molecule has 0 bridgehead atoms. The maximum atomic E-state index is 11.5. The number of nitrogens with one attached hydrogen (secondary N) is 3. The van der Waals surface area contributed by atoms with Crippen molar-refractivity contribution in [2.45, 2.75) is 26.8 Å². The van der Waals surface area contributed by atoms with Crippen LogP contribution in [0.1, 0.15) is 20.8 Å². The van der Waals surface area contributed by atoms with Gasteiger partial charge in [-0.2, -0.15) is 0 Å². The lowest BCUT2D eigenvalue weighted by Crippen LogP contribution is -2.45. The van der Waals surface area contributed by atoms with E-state index < -0.39 is 6.04 Å². The molecule has 0 radical (unpaired) electrons. The molecule has 80 valence electrons. The summed E-state index contributed by atoms with van der Waals surface area (Å²) in [5.41, 5.74) is 0.0612. The van der Waals surface area contributed by atoms with Gasteiger partial charge in [0.05, 0.1) is 0 Å². The topological polar surface area (TPSA) is 70.2 Å². The van der Waals surface area contributed by atoms with Gasteiger partial charge in [-0.1, -0.05) is 20.8 Å². The van der Waals surface area contributed by atoms with Crippen LogP contribution in [-0.2, 0) is 4.79 Å². The lowest BCUT2D eigenvalue weighted by atomic mass is 9.97. The minimum Gasteiger partial charge on any atom is -0.354 e.